The number of fused-ring (bicyclic) bond motifs is 1. The van der Waals surface area contributed by atoms with Gasteiger partial charge in [-0.05, 0) is 40.1 Å². The Labute approximate surface area is 150 Å². The third kappa shape index (κ3) is 3.05. The van der Waals surface area contributed by atoms with Gasteiger partial charge in [-0.1, -0.05) is 24.3 Å². The van der Waals surface area contributed by atoms with E-state index in [1.807, 2.05) is 6.07 Å². The molecule has 6 heteroatoms. The summed E-state index contributed by atoms with van der Waals surface area (Å²) in [5.74, 6) is 0. The number of benzene rings is 2. The van der Waals surface area contributed by atoms with Crippen molar-refractivity contribution in [2.45, 2.75) is 4.90 Å². The summed E-state index contributed by atoms with van der Waals surface area (Å²) in [5.41, 5.74) is 0. The summed E-state index contributed by atoms with van der Waals surface area (Å²) in [6, 6.07) is 9.95. The average molecular weight is 372 g/mol. The average Bonchev–Trinajstić information content (AvgIpc) is 2.16. The van der Waals surface area contributed by atoms with Gasteiger partial charge in [0.2, 0.25) is 0 Å². The van der Waals surface area contributed by atoms with E-state index in [1.165, 1.54) is 6.07 Å². The molecule has 2 aromatic carbocycles. The minimum Gasteiger partial charge on any atom is -0.744 e. The van der Waals surface area contributed by atoms with Crippen LogP contribution in [0.4, 0.5) is 0 Å². The summed E-state index contributed by atoms with van der Waals surface area (Å²) >= 11 is 2.11. The molecule has 78 valence electrons. The van der Waals surface area contributed by atoms with Gasteiger partial charge in [-0.15, -0.1) is 0 Å². The Balaban J connectivity index is 0.00000128. The van der Waals surface area contributed by atoms with Crippen LogP contribution in [0.1, 0.15) is 0 Å². The number of halogens is 1. The van der Waals surface area contributed by atoms with Crippen molar-refractivity contribution in [1.29, 1.82) is 0 Å². The van der Waals surface area contributed by atoms with Crippen molar-refractivity contribution in [3.63, 3.8) is 0 Å². The van der Waals surface area contributed by atoms with Crippen LogP contribution in [-0.2, 0) is 10.1 Å². The second kappa shape index (κ2) is 5.74. The fourth-order valence-corrected chi connectivity index (χ4v) is 2.83. The SMILES string of the molecule is O=S(=O)([O-])c1cccc2c(I)cccc12.[K+]. The third-order valence-electron chi connectivity index (χ3n) is 2.10. The van der Waals surface area contributed by atoms with E-state index >= 15 is 0 Å². The van der Waals surface area contributed by atoms with Crippen LogP contribution in [0, 0.1) is 3.57 Å². The molecule has 0 atom stereocenters. The number of rotatable bonds is 1. The first-order chi connectivity index (χ1) is 7.00. The van der Waals surface area contributed by atoms with Crippen LogP contribution in [-0.4, -0.2) is 13.0 Å². The minimum atomic E-state index is -4.40. The van der Waals surface area contributed by atoms with E-state index < -0.39 is 10.1 Å². The summed E-state index contributed by atoms with van der Waals surface area (Å²) < 4.78 is 33.9. The molecule has 0 aliphatic heterocycles. The van der Waals surface area contributed by atoms with Crippen molar-refractivity contribution >= 4 is 43.5 Å². The second-order valence-electron chi connectivity index (χ2n) is 3.05. The first kappa shape index (κ1) is 15.0. The maximum Gasteiger partial charge on any atom is 1.00 e. The molecule has 0 aromatic heterocycles. The summed E-state index contributed by atoms with van der Waals surface area (Å²) in [6.45, 7) is 0. The summed E-state index contributed by atoms with van der Waals surface area (Å²) in [5, 5.41) is 1.27. The zero-order valence-corrected chi connectivity index (χ0v) is 14.6. The Morgan fingerprint density at radius 1 is 1.00 bits per heavy atom. The first-order valence-corrected chi connectivity index (χ1v) is 6.62. The van der Waals surface area contributed by atoms with Crippen molar-refractivity contribution in [1.82, 2.24) is 0 Å². The summed E-state index contributed by atoms with van der Waals surface area (Å²) in [4.78, 5) is -0.154. The van der Waals surface area contributed by atoms with Crippen LogP contribution in [0.5, 0.6) is 0 Å². The molecule has 0 heterocycles. The molecular formula is C10H6IKO3S. The van der Waals surface area contributed by atoms with E-state index in [-0.39, 0.29) is 56.3 Å². The normalized spacial score (nSPS) is 11.1. The van der Waals surface area contributed by atoms with E-state index in [0.29, 0.717) is 5.39 Å². The van der Waals surface area contributed by atoms with Gasteiger partial charge < -0.3 is 4.55 Å². The van der Waals surface area contributed by atoms with Gasteiger partial charge >= 0.3 is 51.4 Å². The maximum atomic E-state index is 11.0. The predicted octanol–water partition coefficient (Wildman–Crippen LogP) is -0.647. The molecule has 0 N–H and O–H groups in total. The first-order valence-electron chi connectivity index (χ1n) is 4.13. The van der Waals surface area contributed by atoms with Crippen LogP contribution in [0.15, 0.2) is 41.3 Å². The Kier molecular flexibility index (Phi) is 5.40. The summed E-state index contributed by atoms with van der Waals surface area (Å²) in [6.07, 6.45) is 0. The molecule has 0 radical (unpaired) electrons. The Morgan fingerprint density at radius 3 is 2.19 bits per heavy atom. The largest absolute Gasteiger partial charge is 1.00 e. The molecule has 0 saturated carbocycles. The molecule has 0 saturated heterocycles. The third-order valence-corrected chi connectivity index (χ3v) is 3.93. The quantitative estimate of drug-likeness (QED) is 0.380. The van der Waals surface area contributed by atoms with Crippen molar-refractivity contribution in [2.75, 3.05) is 0 Å². The molecule has 0 aliphatic rings. The molecule has 0 amide bonds. The Bertz CT molecular complexity index is 625. The van der Waals surface area contributed by atoms with E-state index in [4.69, 9.17) is 0 Å². The number of hydrogen-bond donors (Lipinski definition) is 0. The number of hydrogen-bond acceptors (Lipinski definition) is 3. The molecule has 0 aliphatic carbocycles. The smallest absolute Gasteiger partial charge is 0.744 e. The van der Waals surface area contributed by atoms with Crippen LogP contribution in [0.3, 0.4) is 0 Å². The van der Waals surface area contributed by atoms with E-state index in [0.717, 1.165) is 8.96 Å². The van der Waals surface area contributed by atoms with Crippen molar-refractivity contribution < 1.29 is 64.4 Å². The maximum absolute atomic E-state index is 11.0. The molecule has 0 spiro atoms. The van der Waals surface area contributed by atoms with Crippen LogP contribution in [0.2, 0.25) is 0 Å². The van der Waals surface area contributed by atoms with Gasteiger partial charge in [-0.25, -0.2) is 8.42 Å². The fourth-order valence-electron chi connectivity index (χ4n) is 1.46. The van der Waals surface area contributed by atoms with Crippen molar-refractivity contribution in [2.24, 2.45) is 0 Å². The topological polar surface area (TPSA) is 57.2 Å². The van der Waals surface area contributed by atoms with Gasteiger partial charge in [0, 0.05) is 8.96 Å². The summed E-state index contributed by atoms with van der Waals surface area (Å²) in [7, 11) is -4.40. The van der Waals surface area contributed by atoms with E-state index in [9.17, 15) is 13.0 Å². The van der Waals surface area contributed by atoms with Crippen molar-refractivity contribution in [3.8, 4) is 0 Å². The molecule has 16 heavy (non-hydrogen) atoms. The molecule has 0 bridgehead atoms. The van der Waals surface area contributed by atoms with Gasteiger partial charge in [0.1, 0.15) is 10.1 Å². The molecule has 2 aromatic rings. The van der Waals surface area contributed by atoms with Gasteiger partial charge in [-0.2, -0.15) is 0 Å². The van der Waals surface area contributed by atoms with Crippen LogP contribution < -0.4 is 51.4 Å². The monoisotopic (exact) mass is 372 g/mol. The molecule has 0 unspecified atom stereocenters. The van der Waals surface area contributed by atoms with Crippen molar-refractivity contribution in [3.05, 3.63) is 40.0 Å². The fraction of sp³-hybridized carbons (Fsp3) is 0. The molecule has 0 fully saturated rings. The zero-order chi connectivity index (χ0) is 11.1. The van der Waals surface area contributed by atoms with Gasteiger partial charge in [0.25, 0.3) is 0 Å². The van der Waals surface area contributed by atoms with E-state index in [2.05, 4.69) is 22.6 Å². The Morgan fingerprint density at radius 2 is 1.56 bits per heavy atom. The van der Waals surface area contributed by atoms with Gasteiger partial charge in [0.15, 0.2) is 0 Å². The van der Waals surface area contributed by atoms with Gasteiger partial charge in [0.05, 0.1) is 4.90 Å². The van der Waals surface area contributed by atoms with Gasteiger partial charge in [-0.3, -0.25) is 0 Å². The zero-order valence-electron chi connectivity index (χ0n) is 8.48. The van der Waals surface area contributed by atoms with E-state index in [1.54, 1.807) is 24.3 Å². The second-order valence-corrected chi connectivity index (χ2v) is 5.56. The standard InChI is InChI=1S/C10H7IO3S.K/c11-9-5-1-4-8-7(9)3-2-6-10(8)15(12,13)14;/h1-6H,(H,12,13,14);/q;+1/p-1. The van der Waals surface area contributed by atoms with Crippen LogP contribution in [0.25, 0.3) is 10.8 Å². The van der Waals surface area contributed by atoms with Crippen LogP contribution >= 0.6 is 22.6 Å². The predicted molar refractivity (Wildman–Crippen MR) is 64.6 cm³/mol. The molecule has 2 rings (SSSR count). The molecule has 3 nitrogen and oxygen atoms in total. The molecular weight excluding hydrogens is 366 g/mol. The Hall–Kier alpha value is 0.976. The minimum absolute atomic E-state index is 0.